The van der Waals surface area contributed by atoms with Crippen molar-refractivity contribution in [1.29, 1.82) is 0 Å². The van der Waals surface area contributed by atoms with E-state index in [1.807, 2.05) is 12.1 Å². The molecule has 2 heterocycles. The van der Waals surface area contributed by atoms with Crippen molar-refractivity contribution >= 4 is 29.9 Å². The van der Waals surface area contributed by atoms with Gasteiger partial charge in [0.15, 0.2) is 5.96 Å². The van der Waals surface area contributed by atoms with E-state index in [4.69, 9.17) is 15.2 Å². The predicted molar refractivity (Wildman–Crippen MR) is 105 cm³/mol. The number of nitrogens with two attached hydrogens (primary N) is 1. The van der Waals surface area contributed by atoms with Crippen molar-refractivity contribution in [2.45, 2.75) is 57.3 Å². The summed E-state index contributed by atoms with van der Waals surface area (Å²) in [5, 5.41) is 3.12. The van der Waals surface area contributed by atoms with Crippen LogP contribution >= 0.6 is 24.0 Å². The number of hydrogen-bond donors (Lipinski definition) is 2. The van der Waals surface area contributed by atoms with Crippen LogP contribution in [0.2, 0.25) is 0 Å². The molecule has 0 spiro atoms. The lowest BCUT2D eigenvalue weighted by molar-refractivity contribution is 0.114. The Kier molecular flexibility index (Phi) is 8.04. The topological polar surface area (TPSA) is 81.8 Å². The van der Waals surface area contributed by atoms with Crippen molar-refractivity contribution in [3.8, 4) is 5.88 Å². The molecule has 6 nitrogen and oxygen atoms in total. The number of pyridine rings is 1. The largest absolute Gasteiger partial charge is 0.474 e. The summed E-state index contributed by atoms with van der Waals surface area (Å²) in [6.07, 6.45) is 9.33. The molecule has 2 fully saturated rings. The minimum atomic E-state index is 0. The molecule has 1 atom stereocenters. The van der Waals surface area contributed by atoms with Crippen LogP contribution in [0.4, 0.5) is 0 Å². The van der Waals surface area contributed by atoms with Gasteiger partial charge in [-0.2, -0.15) is 0 Å². The SMILES string of the molecule is I.NC(=NCc1ccnc(OC2CCCC2)c1)NCC1CCCO1. The Balaban J connectivity index is 0.00000208. The smallest absolute Gasteiger partial charge is 0.213 e. The Hall–Kier alpha value is -1.09. The highest BCUT2D eigenvalue weighted by molar-refractivity contribution is 14.0. The molecule has 1 aliphatic heterocycles. The van der Waals surface area contributed by atoms with Crippen LogP contribution in [0.25, 0.3) is 0 Å². The van der Waals surface area contributed by atoms with Gasteiger partial charge in [-0.05, 0) is 50.2 Å². The van der Waals surface area contributed by atoms with Gasteiger partial charge >= 0.3 is 0 Å². The van der Waals surface area contributed by atoms with Crippen LogP contribution in [0, 0.1) is 0 Å². The number of rotatable bonds is 6. The molecule has 1 saturated carbocycles. The van der Waals surface area contributed by atoms with E-state index in [9.17, 15) is 0 Å². The molecular weight excluding hydrogens is 419 g/mol. The van der Waals surface area contributed by atoms with Gasteiger partial charge in [-0.15, -0.1) is 24.0 Å². The van der Waals surface area contributed by atoms with Crippen LogP contribution in [0.5, 0.6) is 5.88 Å². The number of ether oxygens (including phenoxy) is 2. The molecule has 0 aromatic carbocycles. The van der Waals surface area contributed by atoms with E-state index < -0.39 is 0 Å². The first-order valence-corrected chi connectivity index (χ1v) is 8.56. The first kappa shape index (κ1) is 19.2. The lowest BCUT2D eigenvalue weighted by Crippen LogP contribution is -2.37. The van der Waals surface area contributed by atoms with Crippen molar-refractivity contribution in [1.82, 2.24) is 10.3 Å². The first-order chi connectivity index (χ1) is 11.3. The van der Waals surface area contributed by atoms with Crippen molar-refractivity contribution in [2.24, 2.45) is 10.7 Å². The minimum Gasteiger partial charge on any atom is -0.474 e. The quantitative estimate of drug-likeness (QED) is 0.399. The molecule has 3 rings (SSSR count). The van der Waals surface area contributed by atoms with Crippen LogP contribution in [-0.4, -0.2) is 36.3 Å². The molecule has 0 radical (unpaired) electrons. The highest BCUT2D eigenvalue weighted by atomic mass is 127. The number of guanidine groups is 1. The molecule has 0 bridgehead atoms. The molecule has 24 heavy (non-hydrogen) atoms. The third kappa shape index (κ3) is 6.08. The standard InChI is InChI=1S/C17H26N4O2.HI/c18-17(21-12-15-6-3-9-22-15)20-11-13-7-8-19-16(10-13)23-14-4-1-2-5-14;/h7-8,10,14-15H,1-6,9,11-12H2,(H3,18,20,21);1H. The van der Waals surface area contributed by atoms with Gasteiger partial charge in [0.05, 0.1) is 12.6 Å². The van der Waals surface area contributed by atoms with Gasteiger partial charge in [-0.3, -0.25) is 0 Å². The molecule has 0 amide bonds. The second kappa shape index (κ2) is 10.0. The number of halogens is 1. The summed E-state index contributed by atoms with van der Waals surface area (Å²) in [6, 6.07) is 3.90. The molecule has 1 aliphatic carbocycles. The normalized spacial score (nSPS) is 21.5. The maximum Gasteiger partial charge on any atom is 0.213 e. The number of nitrogens with zero attached hydrogens (tertiary/aromatic N) is 2. The molecule has 1 aromatic heterocycles. The van der Waals surface area contributed by atoms with Crippen LogP contribution in [0.3, 0.4) is 0 Å². The van der Waals surface area contributed by atoms with E-state index in [-0.39, 0.29) is 30.1 Å². The molecule has 7 heteroatoms. The Morgan fingerprint density at radius 3 is 2.92 bits per heavy atom. The highest BCUT2D eigenvalue weighted by Gasteiger charge is 2.17. The Morgan fingerprint density at radius 2 is 2.17 bits per heavy atom. The number of aliphatic imine (C=N–C) groups is 1. The fourth-order valence-electron chi connectivity index (χ4n) is 3.05. The summed E-state index contributed by atoms with van der Waals surface area (Å²) in [6.45, 7) is 2.10. The minimum absolute atomic E-state index is 0. The van der Waals surface area contributed by atoms with Gasteiger partial charge < -0.3 is 20.5 Å². The molecule has 1 aromatic rings. The summed E-state index contributed by atoms with van der Waals surface area (Å²) in [5.41, 5.74) is 6.96. The van der Waals surface area contributed by atoms with Crippen molar-refractivity contribution in [2.75, 3.05) is 13.2 Å². The molecular formula is C17H27IN4O2. The van der Waals surface area contributed by atoms with E-state index in [1.54, 1.807) is 6.20 Å². The lowest BCUT2D eigenvalue weighted by atomic mass is 10.2. The zero-order valence-corrected chi connectivity index (χ0v) is 16.3. The molecule has 1 saturated heterocycles. The molecule has 3 N–H and O–H groups in total. The Morgan fingerprint density at radius 1 is 1.33 bits per heavy atom. The Bertz CT molecular complexity index is 529. The van der Waals surface area contributed by atoms with Crippen LogP contribution in [0.15, 0.2) is 23.3 Å². The van der Waals surface area contributed by atoms with E-state index in [2.05, 4.69) is 15.3 Å². The van der Waals surface area contributed by atoms with Crippen molar-refractivity contribution in [3.05, 3.63) is 23.9 Å². The van der Waals surface area contributed by atoms with Gasteiger partial charge in [0.2, 0.25) is 5.88 Å². The van der Waals surface area contributed by atoms with Gasteiger partial charge in [-0.1, -0.05) is 0 Å². The molecule has 2 aliphatic rings. The molecule has 1 unspecified atom stereocenters. The average Bonchev–Trinajstić information content (AvgIpc) is 3.25. The number of hydrogen-bond acceptors (Lipinski definition) is 4. The highest BCUT2D eigenvalue weighted by Crippen LogP contribution is 2.23. The number of aromatic nitrogens is 1. The summed E-state index contributed by atoms with van der Waals surface area (Å²) >= 11 is 0. The van der Waals surface area contributed by atoms with Gasteiger partial charge in [-0.25, -0.2) is 9.98 Å². The maximum atomic E-state index is 5.91. The summed E-state index contributed by atoms with van der Waals surface area (Å²) in [5.74, 6) is 1.14. The zero-order chi connectivity index (χ0) is 15.9. The Labute approximate surface area is 160 Å². The third-order valence-electron chi connectivity index (χ3n) is 4.36. The van der Waals surface area contributed by atoms with Crippen LogP contribution in [0.1, 0.15) is 44.1 Å². The van der Waals surface area contributed by atoms with E-state index >= 15 is 0 Å². The fourth-order valence-corrected chi connectivity index (χ4v) is 3.05. The summed E-state index contributed by atoms with van der Waals surface area (Å²) in [7, 11) is 0. The summed E-state index contributed by atoms with van der Waals surface area (Å²) < 4.78 is 11.5. The van der Waals surface area contributed by atoms with Crippen molar-refractivity contribution < 1.29 is 9.47 Å². The monoisotopic (exact) mass is 446 g/mol. The van der Waals surface area contributed by atoms with Crippen LogP contribution < -0.4 is 15.8 Å². The van der Waals surface area contributed by atoms with Gasteiger partial charge in [0.1, 0.15) is 6.10 Å². The predicted octanol–water partition coefficient (Wildman–Crippen LogP) is 2.60. The van der Waals surface area contributed by atoms with E-state index in [1.165, 1.54) is 12.8 Å². The van der Waals surface area contributed by atoms with E-state index in [0.717, 1.165) is 44.4 Å². The second-order valence-corrected chi connectivity index (χ2v) is 6.24. The lowest BCUT2D eigenvalue weighted by Gasteiger charge is -2.12. The van der Waals surface area contributed by atoms with Crippen molar-refractivity contribution in [3.63, 3.8) is 0 Å². The average molecular weight is 446 g/mol. The third-order valence-corrected chi connectivity index (χ3v) is 4.36. The van der Waals surface area contributed by atoms with Gasteiger partial charge in [0.25, 0.3) is 0 Å². The number of nitrogens with one attached hydrogen (secondary N) is 1. The zero-order valence-electron chi connectivity index (χ0n) is 13.9. The first-order valence-electron chi connectivity index (χ1n) is 8.56. The maximum absolute atomic E-state index is 5.91. The fraction of sp³-hybridized carbons (Fsp3) is 0.647. The summed E-state index contributed by atoms with van der Waals surface area (Å²) in [4.78, 5) is 8.66. The van der Waals surface area contributed by atoms with Gasteiger partial charge in [0, 0.05) is 25.4 Å². The van der Waals surface area contributed by atoms with Crippen LogP contribution in [-0.2, 0) is 11.3 Å². The second-order valence-electron chi connectivity index (χ2n) is 6.24. The molecule has 134 valence electrons. The van der Waals surface area contributed by atoms with E-state index in [0.29, 0.717) is 24.5 Å².